The molecule has 0 bridgehead atoms. The summed E-state index contributed by atoms with van der Waals surface area (Å²) in [7, 11) is 0. The quantitative estimate of drug-likeness (QED) is 0.714. The Morgan fingerprint density at radius 2 is 1.44 bits per heavy atom. The second-order valence-corrected chi connectivity index (χ2v) is 6.66. The van der Waals surface area contributed by atoms with Crippen molar-refractivity contribution in [2.45, 2.75) is 52.4 Å². The summed E-state index contributed by atoms with van der Waals surface area (Å²) in [4.78, 5) is 17.9. The van der Waals surface area contributed by atoms with Crippen LogP contribution in [0.1, 0.15) is 53.1 Å². The molecule has 4 nitrogen and oxygen atoms in total. The molecule has 2 rings (SSSR count). The number of aromatic nitrogens is 4. The number of hydrogen-bond donors (Lipinski definition) is 0. The van der Waals surface area contributed by atoms with Crippen LogP contribution in [0.15, 0.2) is 12.4 Å². The van der Waals surface area contributed by atoms with Crippen LogP contribution in [0.5, 0.6) is 0 Å². The highest BCUT2D eigenvalue weighted by Gasteiger charge is 2.20. The van der Waals surface area contributed by atoms with Crippen molar-refractivity contribution in [2.24, 2.45) is 0 Å². The van der Waals surface area contributed by atoms with Gasteiger partial charge in [0.25, 0.3) is 0 Å². The Balaban J connectivity index is 2.56. The average molecular weight is 244 g/mol. The maximum atomic E-state index is 4.58. The predicted octanol–water partition coefficient (Wildman–Crippen LogP) is 3.01. The topological polar surface area (TPSA) is 51.6 Å². The third kappa shape index (κ3) is 2.47. The summed E-state index contributed by atoms with van der Waals surface area (Å²) in [6.07, 6.45) is 3.58. The highest BCUT2D eigenvalue weighted by Crippen LogP contribution is 2.22. The molecular weight excluding hydrogens is 224 g/mol. The lowest BCUT2D eigenvalue weighted by molar-refractivity contribution is 0.546. The monoisotopic (exact) mass is 244 g/mol. The molecule has 0 radical (unpaired) electrons. The summed E-state index contributed by atoms with van der Waals surface area (Å²) in [5.41, 5.74) is 2.31. The van der Waals surface area contributed by atoms with Gasteiger partial charge in [-0.1, -0.05) is 41.5 Å². The van der Waals surface area contributed by atoms with Crippen molar-refractivity contribution in [3.63, 3.8) is 0 Å². The molecule has 0 saturated heterocycles. The summed E-state index contributed by atoms with van der Waals surface area (Å²) in [6, 6.07) is 0. The molecule has 0 aliphatic carbocycles. The van der Waals surface area contributed by atoms with Gasteiger partial charge in [0.15, 0.2) is 5.65 Å². The molecule has 0 spiro atoms. The Morgan fingerprint density at radius 3 is 2.00 bits per heavy atom. The smallest absolute Gasteiger partial charge is 0.181 e. The summed E-state index contributed by atoms with van der Waals surface area (Å²) < 4.78 is 0. The minimum atomic E-state index is -0.0709. The minimum absolute atomic E-state index is 0.0100. The molecule has 96 valence electrons. The SMILES string of the molecule is CC(C)(C)c1cnc2nc(C(C)(C)C)ncc2n1. The van der Waals surface area contributed by atoms with E-state index >= 15 is 0 Å². The second-order valence-electron chi connectivity index (χ2n) is 6.66. The van der Waals surface area contributed by atoms with E-state index < -0.39 is 0 Å². The molecule has 0 fully saturated rings. The summed E-state index contributed by atoms with van der Waals surface area (Å²) in [5, 5.41) is 0. The Bertz CT molecular complexity index is 523. The lowest BCUT2D eigenvalue weighted by Crippen LogP contribution is -2.17. The van der Waals surface area contributed by atoms with Crippen molar-refractivity contribution >= 4 is 11.2 Å². The van der Waals surface area contributed by atoms with Crippen LogP contribution < -0.4 is 0 Å². The van der Waals surface area contributed by atoms with Gasteiger partial charge < -0.3 is 0 Å². The lowest BCUT2D eigenvalue weighted by Gasteiger charge is -2.18. The zero-order valence-corrected chi connectivity index (χ0v) is 11.9. The maximum Gasteiger partial charge on any atom is 0.181 e. The normalized spacial score (nSPS) is 13.0. The molecule has 0 saturated carbocycles. The lowest BCUT2D eigenvalue weighted by atomic mass is 9.92. The molecule has 0 aromatic carbocycles. The van der Waals surface area contributed by atoms with E-state index in [-0.39, 0.29) is 10.8 Å². The van der Waals surface area contributed by atoms with Gasteiger partial charge in [-0.05, 0) is 0 Å². The molecule has 0 aliphatic heterocycles. The largest absolute Gasteiger partial charge is 0.246 e. The Kier molecular flexibility index (Phi) is 2.84. The van der Waals surface area contributed by atoms with Crippen LogP contribution in [-0.4, -0.2) is 19.9 Å². The van der Waals surface area contributed by atoms with Gasteiger partial charge in [0.2, 0.25) is 0 Å². The van der Waals surface area contributed by atoms with Crippen molar-refractivity contribution in [1.82, 2.24) is 19.9 Å². The molecule has 18 heavy (non-hydrogen) atoms. The molecule has 0 N–H and O–H groups in total. The first-order valence-corrected chi connectivity index (χ1v) is 6.19. The van der Waals surface area contributed by atoms with Gasteiger partial charge in [-0.25, -0.2) is 19.9 Å². The standard InChI is InChI=1S/C14H20N4/c1-13(2,3)10-8-15-11-9(17-10)7-16-12(18-11)14(4,5)6/h7-8H,1-6H3. The zero-order valence-electron chi connectivity index (χ0n) is 11.9. The molecule has 0 amide bonds. The molecule has 2 aromatic heterocycles. The Labute approximate surface area is 108 Å². The molecule has 2 aromatic rings. The number of fused-ring (bicyclic) bond motifs is 1. The highest BCUT2D eigenvalue weighted by atomic mass is 15.0. The summed E-state index contributed by atoms with van der Waals surface area (Å²) >= 11 is 0. The molecule has 2 heterocycles. The van der Waals surface area contributed by atoms with Gasteiger partial charge in [-0.3, -0.25) is 0 Å². The predicted molar refractivity (Wildman–Crippen MR) is 72.5 cm³/mol. The van der Waals surface area contributed by atoms with E-state index in [0.717, 1.165) is 17.0 Å². The van der Waals surface area contributed by atoms with E-state index in [0.29, 0.717) is 5.65 Å². The highest BCUT2D eigenvalue weighted by molar-refractivity contribution is 5.68. The van der Waals surface area contributed by atoms with Crippen LogP contribution in [0.25, 0.3) is 11.2 Å². The molecule has 0 atom stereocenters. The third-order valence-corrected chi connectivity index (χ3v) is 2.74. The number of rotatable bonds is 0. The Morgan fingerprint density at radius 1 is 0.778 bits per heavy atom. The van der Waals surface area contributed by atoms with E-state index in [2.05, 4.69) is 61.5 Å². The van der Waals surface area contributed by atoms with E-state index in [4.69, 9.17) is 0 Å². The molecule has 4 heteroatoms. The van der Waals surface area contributed by atoms with Gasteiger partial charge in [0.1, 0.15) is 11.3 Å². The van der Waals surface area contributed by atoms with Gasteiger partial charge in [-0.15, -0.1) is 0 Å². The average Bonchev–Trinajstić information content (AvgIpc) is 2.25. The van der Waals surface area contributed by atoms with E-state index in [1.165, 1.54) is 0 Å². The van der Waals surface area contributed by atoms with Crippen LogP contribution in [0.3, 0.4) is 0 Å². The van der Waals surface area contributed by atoms with Gasteiger partial charge >= 0.3 is 0 Å². The molecule has 0 unspecified atom stereocenters. The van der Waals surface area contributed by atoms with Crippen molar-refractivity contribution in [3.8, 4) is 0 Å². The van der Waals surface area contributed by atoms with Gasteiger partial charge in [0.05, 0.1) is 18.1 Å². The van der Waals surface area contributed by atoms with Crippen molar-refractivity contribution in [1.29, 1.82) is 0 Å². The van der Waals surface area contributed by atoms with Crippen molar-refractivity contribution in [2.75, 3.05) is 0 Å². The maximum absolute atomic E-state index is 4.58. The van der Waals surface area contributed by atoms with Crippen LogP contribution >= 0.6 is 0 Å². The summed E-state index contributed by atoms with van der Waals surface area (Å²) in [5.74, 6) is 0.799. The fraction of sp³-hybridized carbons (Fsp3) is 0.571. The van der Waals surface area contributed by atoms with E-state index in [1.807, 2.05) is 6.20 Å². The van der Waals surface area contributed by atoms with Gasteiger partial charge in [0, 0.05) is 10.8 Å². The fourth-order valence-corrected chi connectivity index (χ4v) is 1.54. The van der Waals surface area contributed by atoms with E-state index in [9.17, 15) is 0 Å². The third-order valence-electron chi connectivity index (χ3n) is 2.74. The first-order chi connectivity index (χ1) is 8.18. The molecule has 0 aliphatic rings. The summed E-state index contributed by atoms with van der Waals surface area (Å²) in [6.45, 7) is 12.6. The number of hydrogen-bond acceptors (Lipinski definition) is 4. The first kappa shape index (κ1) is 12.9. The second kappa shape index (κ2) is 3.97. The van der Waals surface area contributed by atoms with Crippen molar-refractivity contribution in [3.05, 3.63) is 23.9 Å². The van der Waals surface area contributed by atoms with Crippen LogP contribution in [0, 0.1) is 0 Å². The number of nitrogens with zero attached hydrogens (tertiary/aromatic N) is 4. The first-order valence-electron chi connectivity index (χ1n) is 6.19. The Hall–Kier alpha value is -1.58. The fourth-order valence-electron chi connectivity index (χ4n) is 1.54. The minimum Gasteiger partial charge on any atom is -0.246 e. The van der Waals surface area contributed by atoms with Crippen LogP contribution in [-0.2, 0) is 10.8 Å². The van der Waals surface area contributed by atoms with Gasteiger partial charge in [-0.2, -0.15) is 0 Å². The zero-order chi connectivity index (χ0) is 13.6. The van der Waals surface area contributed by atoms with Crippen molar-refractivity contribution < 1.29 is 0 Å². The van der Waals surface area contributed by atoms with E-state index in [1.54, 1.807) is 6.20 Å². The van der Waals surface area contributed by atoms with Crippen LogP contribution in [0.2, 0.25) is 0 Å². The van der Waals surface area contributed by atoms with Crippen LogP contribution in [0.4, 0.5) is 0 Å². The molecular formula is C14H20N4.